The molecule has 108 valence electrons. The maximum absolute atomic E-state index is 12.4. The number of nitriles is 1. The van der Waals surface area contributed by atoms with E-state index in [9.17, 15) is 13.2 Å². The van der Waals surface area contributed by atoms with Gasteiger partial charge in [0.2, 0.25) is 0 Å². The van der Waals surface area contributed by atoms with Gasteiger partial charge in [0.15, 0.2) is 0 Å². The molecule has 0 amide bonds. The van der Waals surface area contributed by atoms with Crippen LogP contribution in [0.4, 0.5) is 13.2 Å². The van der Waals surface area contributed by atoms with E-state index in [-0.39, 0.29) is 22.9 Å². The number of hydrogen-bond acceptors (Lipinski definition) is 3. The van der Waals surface area contributed by atoms with Gasteiger partial charge in [-0.15, -0.1) is 13.2 Å². The molecule has 2 rings (SSSR count). The SMILES string of the molecule is N#CCc1cc(Cl)ncc1-c1ccccc1OC(F)(F)F. The van der Waals surface area contributed by atoms with Crippen LogP contribution in [0, 0.1) is 11.3 Å². The number of halogens is 4. The number of rotatable bonds is 3. The van der Waals surface area contributed by atoms with Crippen LogP contribution in [0.25, 0.3) is 11.1 Å². The van der Waals surface area contributed by atoms with Crippen molar-refractivity contribution < 1.29 is 17.9 Å². The van der Waals surface area contributed by atoms with Crippen LogP contribution < -0.4 is 4.74 Å². The molecule has 3 nitrogen and oxygen atoms in total. The topological polar surface area (TPSA) is 45.9 Å². The normalized spacial score (nSPS) is 11.0. The third-order valence-electron chi connectivity index (χ3n) is 2.63. The van der Waals surface area contributed by atoms with Crippen molar-refractivity contribution in [1.29, 1.82) is 5.26 Å². The fraction of sp³-hybridized carbons (Fsp3) is 0.143. The molecule has 0 bridgehead atoms. The fourth-order valence-corrected chi connectivity index (χ4v) is 2.03. The first-order valence-corrected chi connectivity index (χ1v) is 6.15. The predicted molar refractivity (Wildman–Crippen MR) is 70.7 cm³/mol. The Balaban J connectivity index is 2.55. The van der Waals surface area contributed by atoms with Gasteiger partial charge < -0.3 is 4.74 Å². The summed E-state index contributed by atoms with van der Waals surface area (Å²) in [5.74, 6) is -0.353. The van der Waals surface area contributed by atoms with Gasteiger partial charge in [0.1, 0.15) is 10.9 Å². The second-order valence-electron chi connectivity index (χ2n) is 4.04. The molecule has 0 aliphatic heterocycles. The minimum Gasteiger partial charge on any atom is -0.405 e. The van der Waals surface area contributed by atoms with Gasteiger partial charge in [-0.3, -0.25) is 0 Å². The third-order valence-corrected chi connectivity index (χ3v) is 2.84. The van der Waals surface area contributed by atoms with E-state index in [1.54, 1.807) is 6.07 Å². The van der Waals surface area contributed by atoms with Crippen molar-refractivity contribution in [3.8, 4) is 22.9 Å². The van der Waals surface area contributed by atoms with Crippen molar-refractivity contribution in [2.75, 3.05) is 0 Å². The minimum absolute atomic E-state index is 0.00206. The molecule has 0 spiro atoms. The summed E-state index contributed by atoms with van der Waals surface area (Å²) in [7, 11) is 0. The lowest BCUT2D eigenvalue weighted by atomic mass is 9.99. The van der Waals surface area contributed by atoms with Crippen LogP contribution in [0.15, 0.2) is 36.5 Å². The molecule has 1 heterocycles. The zero-order valence-electron chi connectivity index (χ0n) is 10.5. The summed E-state index contributed by atoms with van der Waals surface area (Å²) in [6, 6.07) is 9.06. The third kappa shape index (κ3) is 3.86. The second-order valence-corrected chi connectivity index (χ2v) is 4.43. The summed E-state index contributed by atoms with van der Waals surface area (Å²) in [4.78, 5) is 3.86. The molecule has 0 atom stereocenters. The average molecular weight is 313 g/mol. The average Bonchev–Trinajstić information content (AvgIpc) is 2.39. The Morgan fingerprint density at radius 2 is 1.95 bits per heavy atom. The Bertz CT molecular complexity index is 695. The largest absolute Gasteiger partial charge is 0.573 e. The van der Waals surface area contributed by atoms with Gasteiger partial charge in [0.25, 0.3) is 0 Å². The molecule has 0 aliphatic rings. The van der Waals surface area contributed by atoms with Crippen molar-refractivity contribution in [2.45, 2.75) is 12.8 Å². The van der Waals surface area contributed by atoms with Crippen molar-refractivity contribution in [2.24, 2.45) is 0 Å². The first-order chi connectivity index (χ1) is 9.90. The maximum atomic E-state index is 12.4. The number of benzene rings is 1. The number of alkyl halides is 3. The Morgan fingerprint density at radius 3 is 2.62 bits per heavy atom. The summed E-state index contributed by atoms with van der Waals surface area (Å²) in [5, 5.41) is 8.98. The zero-order chi connectivity index (χ0) is 15.5. The van der Waals surface area contributed by atoms with Crippen LogP contribution >= 0.6 is 11.6 Å². The van der Waals surface area contributed by atoms with E-state index in [0.717, 1.165) is 0 Å². The molecule has 7 heteroatoms. The van der Waals surface area contributed by atoms with Gasteiger partial charge in [0, 0.05) is 17.3 Å². The first kappa shape index (κ1) is 15.1. The summed E-state index contributed by atoms with van der Waals surface area (Å²) in [6.07, 6.45) is -3.48. The molecule has 0 aliphatic carbocycles. The smallest absolute Gasteiger partial charge is 0.405 e. The summed E-state index contributed by atoms with van der Waals surface area (Å²) >= 11 is 5.75. The van der Waals surface area contributed by atoms with E-state index in [2.05, 4.69) is 9.72 Å². The maximum Gasteiger partial charge on any atom is 0.573 e. The lowest BCUT2D eigenvalue weighted by Crippen LogP contribution is -2.17. The summed E-state index contributed by atoms with van der Waals surface area (Å²) in [6.45, 7) is 0. The zero-order valence-corrected chi connectivity index (χ0v) is 11.2. The van der Waals surface area contributed by atoms with Gasteiger partial charge in [-0.25, -0.2) is 4.98 Å². The summed E-state index contributed by atoms with van der Waals surface area (Å²) in [5.41, 5.74) is 1.06. The van der Waals surface area contributed by atoms with E-state index in [0.29, 0.717) is 11.1 Å². The van der Waals surface area contributed by atoms with Gasteiger partial charge in [-0.1, -0.05) is 29.8 Å². The Hall–Kier alpha value is -2.26. The molecule has 1 aromatic carbocycles. The molecule has 1 aromatic heterocycles. The number of aromatic nitrogens is 1. The number of hydrogen-bond donors (Lipinski definition) is 0. The minimum atomic E-state index is -4.80. The van der Waals surface area contributed by atoms with Gasteiger partial charge in [-0.2, -0.15) is 5.26 Å². The first-order valence-electron chi connectivity index (χ1n) is 5.77. The Labute approximate surface area is 123 Å². The molecule has 21 heavy (non-hydrogen) atoms. The number of pyridine rings is 1. The molecule has 0 unspecified atom stereocenters. The van der Waals surface area contributed by atoms with E-state index in [1.807, 2.05) is 6.07 Å². The van der Waals surface area contributed by atoms with E-state index in [1.165, 1.54) is 30.5 Å². The lowest BCUT2D eigenvalue weighted by molar-refractivity contribution is -0.274. The second kappa shape index (κ2) is 6.02. The number of nitrogens with zero attached hydrogens (tertiary/aromatic N) is 2. The Kier molecular flexibility index (Phi) is 4.34. The molecular formula is C14H8ClF3N2O. The van der Waals surface area contributed by atoms with Gasteiger partial charge in [0.05, 0.1) is 12.5 Å². The molecule has 0 N–H and O–H groups in total. The molecule has 0 saturated carbocycles. The fourth-order valence-electron chi connectivity index (χ4n) is 1.84. The monoisotopic (exact) mass is 312 g/mol. The van der Waals surface area contributed by atoms with Crippen molar-refractivity contribution in [1.82, 2.24) is 4.98 Å². The molecular weight excluding hydrogens is 305 g/mol. The molecule has 0 radical (unpaired) electrons. The van der Waals surface area contributed by atoms with Crippen molar-refractivity contribution in [3.05, 3.63) is 47.2 Å². The van der Waals surface area contributed by atoms with Crippen LogP contribution in [-0.2, 0) is 6.42 Å². The van der Waals surface area contributed by atoms with Gasteiger partial charge in [-0.05, 0) is 17.7 Å². The summed E-state index contributed by atoms with van der Waals surface area (Å²) < 4.78 is 41.3. The van der Waals surface area contributed by atoms with E-state index in [4.69, 9.17) is 16.9 Å². The van der Waals surface area contributed by atoms with Crippen LogP contribution in [0.1, 0.15) is 5.56 Å². The molecule has 0 saturated heterocycles. The van der Waals surface area contributed by atoms with E-state index >= 15 is 0 Å². The lowest BCUT2D eigenvalue weighted by Gasteiger charge is -2.14. The van der Waals surface area contributed by atoms with E-state index < -0.39 is 6.36 Å². The van der Waals surface area contributed by atoms with Crippen molar-refractivity contribution >= 4 is 11.6 Å². The van der Waals surface area contributed by atoms with Crippen LogP contribution in [0.2, 0.25) is 5.15 Å². The highest BCUT2D eigenvalue weighted by Crippen LogP contribution is 2.35. The van der Waals surface area contributed by atoms with Crippen LogP contribution in [-0.4, -0.2) is 11.3 Å². The highest BCUT2D eigenvalue weighted by Gasteiger charge is 2.32. The Morgan fingerprint density at radius 1 is 1.24 bits per heavy atom. The van der Waals surface area contributed by atoms with Crippen LogP contribution in [0.5, 0.6) is 5.75 Å². The quantitative estimate of drug-likeness (QED) is 0.791. The van der Waals surface area contributed by atoms with Gasteiger partial charge >= 0.3 is 6.36 Å². The predicted octanol–water partition coefficient (Wildman–Crippen LogP) is 4.37. The highest BCUT2D eigenvalue weighted by molar-refractivity contribution is 6.29. The number of ether oxygens (including phenoxy) is 1. The van der Waals surface area contributed by atoms with Crippen LogP contribution in [0.3, 0.4) is 0 Å². The highest BCUT2D eigenvalue weighted by atomic mass is 35.5. The number of para-hydroxylation sites is 1. The molecule has 0 fully saturated rings. The molecule has 2 aromatic rings. The standard InChI is InChI=1S/C14H8ClF3N2O/c15-13-7-9(5-6-19)11(8-20-13)10-3-1-2-4-12(10)21-14(16,17)18/h1-4,7-8H,5H2. The van der Waals surface area contributed by atoms with Crippen molar-refractivity contribution in [3.63, 3.8) is 0 Å².